The molecule has 0 aliphatic carbocycles. The molecule has 2 atom stereocenters. The van der Waals surface area contributed by atoms with Crippen LogP contribution in [0.4, 0.5) is 0 Å². The van der Waals surface area contributed by atoms with Crippen molar-refractivity contribution in [2.24, 2.45) is 0 Å². The zero-order valence-corrected chi connectivity index (χ0v) is 10.1. The molecule has 98 valence electrons. The molecule has 2 unspecified atom stereocenters. The number of amides is 1. The third kappa shape index (κ3) is 4.70. The molecular formula is C11H20N2O4. The highest BCUT2D eigenvalue weighted by atomic mass is 16.4. The third-order valence-corrected chi connectivity index (χ3v) is 2.92. The number of nitrogens with one attached hydrogen (secondary N) is 1. The molecule has 6 heteroatoms. The molecule has 1 rings (SSSR count). The van der Waals surface area contributed by atoms with Gasteiger partial charge in [-0.1, -0.05) is 0 Å². The summed E-state index contributed by atoms with van der Waals surface area (Å²) in [5.41, 5.74) is 0. The van der Waals surface area contributed by atoms with Crippen LogP contribution in [0.25, 0.3) is 0 Å². The van der Waals surface area contributed by atoms with Gasteiger partial charge in [-0.25, -0.2) is 4.79 Å². The molecule has 17 heavy (non-hydrogen) atoms. The van der Waals surface area contributed by atoms with Gasteiger partial charge in [0.15, 0.2) is 6.04 Å². The number of aliphatic carboxylic acids is 1. The Balaban J connectivity index is 2.29. The van der Waals surface area contributed by atoms with Crippen molar-refractivity contribution in [2.75, 3.05) is 19.6 Å². The van der Waals surface area contributed by atoms with E-state index in [0.29, 0.717) is 6.54 Å². The van der Waals surface area contributed by atoms with Gasteiger partial charge in [-0.2, -0.15) is 0 Å². The molecular weight excluding hydrogens is 224 g/mol. The number of aliphatic hydroxyl groups excluding tert-OH is 1. The van der Waals surface area contributed by atoms with Crippen LogP contribution in [0, 0.1) is 0 Å². The Morgan fingerprint density at radius 1 is 1.35 bits per heavy atom. The summed E-state index contributed by atoms with van der Waals surface area (Å²) >= 11 is 0. The summed E-state index contributed by atoms with van der Waals surface area (Å²) < 4.78 is 0. The molecule has 0 aromatic rings. The maximum absolute atomic E-state index is 11.5. The van der Waals surface area contributed by atoms with Crippen molar-refractivity contribution in [2.45, 2.75) is 38.3 Å². The first-order valence-electron chi connectivity index (χ1n) is 5.93. The number of hydrogen-bond acceptors (Lipinski definition) is 4. The zero-order valence-electron chi connectivity index (χ0n) is 10.1. The van der Waals surface area contributed by atoms with Crippen molar-refractivity contribution < 1.29 is 19.8 Å². The van der Waals surface area contributed by atoms with Gasteiger partial charge in [-0.05, 0) is 32.9 Å². The molecule has 0 radical (unpaired) electrons. The average Bonchev–Trinajstić information content (AvgIpc) is 2.74. The molecule has 0 aromatic carbocycles. The summed E-state index contributed by atoms with van der Waals surface area (Å²) in [7, 11) is 0. The van der Waals surface area contributed by atoms with Crippen molar-refractivity contribution in [1.82, 2.24) is 10.2 Å². The molecule has 0 bridgehead atoms. The van der Waals surface area contributed by atoms with Crippen LogP contribution in [-0.2, 0) is 9.59 Å². The Morgan fingerprint density at radius 3 is 2.41 bits per heavy atom. The number of carbonyl (C=O) groups is 2. The number of likely N-dealkylation sites (tertiary alicyclic amines) is 1. The van der Waals surface area contributed by atoms with Gasteiger partial charge in [0.1, 0.15) is 0 Å². The van der Waals surface area contributed by atoms with Gasteiger partial charge in [0, 0.05) is 13.0 Å². The van der Waals surface area contributed by atoms with Crippen LogP contribution in [0.5, 0.6) is 0 Å². The molecule has 6 nitrogen and oxygen atoms in total. The van der Waals surface area contributed by atoms with Crippen LogP contribution in [0.15, 0.2) is 0 Å². The zero-order chi connectivity index (χ0) is 12.8. The van der Waals surface area contributed by atoms with Gasteiger partial charge in [-0.3, -0.25) is 4.79 Å². The summed E-state index contributed by atoms with van der Waals surface area (Å²) in [5, 5.41) is 20.3. The minimum absolute atomic E-state index is 0.274. The Bertz CT molecular complexity index is 275. The van der Waals surface area contributed by atoms with Gasteiger partial charge in [0.2, 0.25) is 5.91 Å². The molecule has 1 fully saturated rings. The van der Waals surface area contributed by atoms with E-state index in [-0.39, 0.29) is 12.3 Å². The van der Waals surface area contributed by atoms with E-state index in [1.165, 1.54) is 6.92 Å². The normalized spacial score (nSPS) is 19.9. The van der Waals surface area contributed by atoms with Crippen molar-refractivity contribution in [3.05, 3.63) is 0 Å². The van der Waals surface area contributed by atoms with Crippen molar-refractivity contribution in [1.29, 1.82) is 0 Å². The lowest BCUT2D eigenvalue weighted by molar-refractivity contribution is -0.144. The predicted octanol–water partition coefficient (Wildman–Crippen LogP) is -0.577. The van der Waals surface area contributed by atoms with Crippen LogP contribution in [-0.4, -0.2) is 58.8 Å². The number of carbonyl (C=O) groups excluding carboxylic acids is 1. The number of hydrogen-bond donors (Lipinski definition) is 3. The van der Waals surface area contributed by atoms with Crippen LogP contribution in [0.3, 0.4) is 0 Å². The number of carboxylic acid groups (broad SMARTS) is 1. The highest BCUT2D eigenvalue weighted by Gasteiger charge is 2.25. The van der Waals surface area contributed by atoms with Gasteiger partial charge in [0.25, 0.3) is 0 Å². The number of nitrogens with zero attached hydrogens (tertiary/aromatic N) is 1. The number of carboxylic acids is 1. The van der Waals surface area contributed by atoms with Crippen LogP contribution < -0.4 is 5.32 Å². The van der Waals surface area contributed by atoms with Gasteiger partial charge >= 0.3 is 5.97 Å². The monoisotopic (exact) mass is 244 g/mol. The van der Waals surface area contributed by atoms with Crippen molar-refractivity contribution >= 4 is 11.9 Å². The predicted molar refractivity (Wildman–Crippen MR) is 61.5 cm³/mol. The fourth-order valence-electron chi connectivity index (χ4n) is 1.90. The van der Waals surface area contributed by atoms with Crippen LogP contribution in [0.1, 0.15) is 26.2 Å². The van der Waals surface area contributed by atoms with E-state index in [1.54, 1.807) is 0 Å². The molecule has 1 aliphatic rings. The van der Waals surface area contributed by atoms with Crippen LogP contribution >= 0.6 is 0 Å². The lowest BCUT2D eigenvalue weighted by Gasteiger charge is -2.18. The smallest absolute Gasteiger partial charge is 0.328 e. The highest BCUT2D eigenvalue weighted by molar-refractivity contribution is 5.84. The lowest BCUT2D eigenvalue weighted by Crippen LogP contribution is -2.48. The molecule has 0 saturated carbocycles. The third-order valence-electron chi connectivity index (χ3n) is 2.92. The van der Waals surface area contributed by atoms with Gasteiger partial charge in [0.05, 0.1) is 6.10 Å². The fraction of sp³-hybridized carbons (Fsp3) is 0.818. The molecule has 1 saturated heterocycles. The first-order chi connectivity index (χ1) is 8.00. The van der Waals surface area contributed by atoms with E-state index in [9.17, 15) is 14.7 Å². The maximum Gasteiger partial charge on any atom is 0.328 e. The van der Waals surface area contributed by atoms with E-state index < -0.39 is 18.1 Å². The summed E-state index contributed by atoms with van der Waals surface area (Å²) in [6.45, 7) is 4.01. The topological polar surface area (TPSA) is 89.9 Å². The van der Waals surface area contributed by atoms with Crippen molar-refractivity contribution in [3.63, 3.8) is 0 Å². The minimum atomic E-state index is -1.22. The first kappa shape index (κ1) is 13.9. The maximum atomic E-state index is 11.5. The number of rotatable bonds is 6. The summed E-state index contributed by atoms with van der Waals surface area (Å²) in [6.07, 6.45) is 1.50. The summed E-state index contributed by atoms with van der Waals surface area (Å²) in [6, 6.07) is -1.22. The Labute approximate surface area is 101 Å². The lowest BCUT2D eigenvalue weighted by atomic mass is 10.2. The first-order valence-corrected chi connectivity index (χ1v) is 5.93. The van der Waals surface area contributed by atoms with Crippen LogP contribution in [0.2, 0.25) is 0 Å². The molecule has 3 N–H and O–H groups in total. The van der Waals surface area contributed by atoms with Crippen molar-refractivity contribution in [3.8, 4) is 0 Å². The number of aliphatic hydroxyl groups is 1. The average molecular weight is 244 g/mol. The molecule has 1 aliphatic heterocycles. The summed E-state index contributed by atoms with van der Waals surface area (Å²) in [5.74, 6) is -1.54. The van der Waals surface area contributed by atoms with E-state index in [1.807, 2.05) is 0 Å². The largest absolute Gasteiger partial charge is 0.480 e. The Kier molecular flexibility index (Phi) is 5.37. The standard InChI is InChI=1S/C11H20N2O4/c1-8(14)10(11(16)17)12-9(15)4-7-13-5-2-3-6-13/h8,10,14H,2-7H2,1H3,(H,12,15)(H,16,17). The Morgan fingerprint density at radius 2 is 1.94 bits per heavy atom. The second kappa shape index (κ2) is 6.56. The highest BCUT2D eigenvalue weighted by Crippen LogP contribution is 2.07. The molecule has 1 heterocycles. The van der Waals surface area contributed by atoms with E-state index in [4.69, 9.17) is 5.11 Å². The van der Waals surface area contributed by atoms with E-state index in [2.05, 4.69) is 10.2 Å². The second-order valence-corrected chi connectivity index (χ2v) is 4.42. The quantitative estimate of drug-likeness (QED) is 0.582. The molecule has 0 spiro atoms. The molecule has 1 amide bonds. The minimum Gasteiger partial charge on any atom is -0.480 e. The van der Waals surface area contributed by atoms with Gasteiger partial charge < -0.3 is 20.4 Å². The molecule has 0 aromatic heterocycles. The fourth-order valence-corrected chi connectivity index (χ4v) is 1.90. The van der Waals surface area contributed by atoms with Gasteiger partial charge in [-0.15, -0.1) is 0 Å². The second-order valence-electron chi connectivity index (χ2n) is 4.42. The van der Waals surface area contributed by atoms with E-state index >= 15 is 0 Å². The summed E-state index contributed by atoms with van der Waals surface area (Å²) in [4.78, 5) is 24.4. The van der Waals surface area contributed by atoms with E-state index in [0.717, 1.165) is 25.9 Å². The SMILES string of the molecule is CC(O)C(NC(=O)CCN1CCCC1)C(=O)O. The Hall–Kier alpha value is -1.14.